The second-order valence-corrected chi connectivity index (χ2v) is 14.0. The van der Waals surface area contributed by atoms with Gasteiger partial charge in [0, 0.05) is 38.7 Å². The molecule has 0 fully saturated rings. The monoisotopic (exact) mass is 700 g/mol. The van der Waals surface area contributed by atoms with E-state index in [1.54, 1.807) is 0 Å². The van der Waals surface area contributed by atoms with E-state index in [0.29, 0.717) is 17.5 Å². The van der Waals surface area contributed by atoms with Crippen LogP contribution in [0.15, 0.2) is 194 Å². The third kappa shape index (κ3) is 5.03. The largest absolute Gasteiger partial charge is 0.309 e. The van der Waals surface area contributed by atoms with Crippen molar-refractivity contribution in [3.63, 3.8) is 0 Å². The van der Waals surface area contributed by atoms with Gasteiger partial charge >= 0.3 is 0 Å². The maximum absolute atomic E-state index is 5.27. The van der Waals surface area contributed by atoms with E-state index in [9.17, 15) is 0 Å². The van der Waals surface area contributed by atoms with E-state index in [2.05, 4.69) is 162 Å². The van der Waals surface area contributed by atoms with Crippen LogP contribution in [0.25, 0.3) is 105 Å². The van der Waals surface area contributed by atoms with Gasteiger partial charge in [0.15, 0.2) is 17.5 Å². The maximum atomic E-state index is 5.27. The fourth-order valence-corrected chi connectivity index (χ4v) is 8.39. The van der Waals surface area contributed by atoms with Crippen LogP contribution in [0.5, 0.6) is 0 Å². The highest BCUT2D eigenvalue weighted by Gasteiger charge is 2.22. The zero-order valence-electron chi connectivity index (χ0n) is 29.8. The van der Waals surface area contributed by atoms with Crippen molar-refractivity contribution >= 4 is 54.1 Å². The fraction of sp³-hybridized carbons (Fsp3) is 0. The van der Waals surface area contributed by atoms with Gasteiger partial charge in [-0.25, -0.2) is 15.0 Å². The van der Waals surface area contributed by atoms with Crippen LogP contribution < -0.4 is 0 Å². The number of hydrogen-bond acceptors (Lipinski definition) is 3. The van der Waals surface area contributed by atoms with E-state index < -0.39 is 0 Å². The molecular formula is C51H32N4. The van der Waals surface area contributed by atoms with E-state index in [4.69, 9.17) is 15.0 Å². The first-order chi connectivity index (χ1) is 27.3. The van der Waals surface area contributed by atoms with Crippen LogP contribution in [0.1, 0.15) is 0 Å². The molecule has 0 N–H and O–H groups in total. The molecule has 0 bridgehead atoms. The Morgan fingerprint density at radius 3 is 1.42 bits per heavy atom. The number of nitrogens with zero attached hydrogens (tertiary/aromatic N) is 4. The Hall–Kier alpha value is -7.43. The molecule has 0 unspecified atom stereocenters. The first-order valence-electron chi connectivity index (χ1n) is 18.6. The summed E-state index contributed by atoms with van der Waals surface area (Å²) in [6, 6.07) is 68.6. The minimum atomic E-state index is 0.641. The first kappa shape index (κ1) is 31.1. The highest BCUT2D eigenvalue weighted by molar-refractivity contribution is 6.22. The lowest BCUT2D eigenvalue weighted by Crippen LogP contribution is -2.02. The summed E-state index contributed by atoms with van der Waals surface area (Å²) in [6.45, 7) is 0. The van der Waals surface area contributed by atoms with Crippen LogP contribution in [0.2, 0.25) is 0 Å². The quantitative estimate of drug-likeness (QED) is 0.168. The van der Waals surface area contributed by atoms with Gasteiger partial charge in [0.05, 0.1) is 11.0 Å². The third-order valence-corrected chi connectivity index (χ3v) is 10.8. The third-order valence-electron chi connectivity index (χ3n) is 10.8. The number of hydrogen-bond donors (Lipinski definition) is 0. The molecule has 55 heavy (non-hydrogen) atoms. The summed E-state index contributed by atoms with van der Waals surface area (Å²) in [6.07, 6.45) is 0. The molecule has 256 valence electrons. The van der Waals surface area contributed by atoms with E-state index in [1.807, 2.05) is 36.4 Å². The molecule has 0 atom stereocenters. The average molecular weight is 701 g/mol. The summed E-state index contributed by atoms with van der Waals surface area (Å²) < 4.78 is 2.39. The lowest BCUT2D eigenvalue weighted by atomic mass is 9.87. The molecular weight excluding hydrogens is 669 g/mol. The topological polar surface area (TPSA) is 43.6 Å². The van der Waals surface area contributed by atoms with Crippen LogP contribution in [0.4, 0.5) is 0 Å². The van der Waals surface area contributed by atoms with Gasteiger partial charge < -0.3 is 4.57 Å². The molecule has 0 radical (unpaired) electrons. The Bertz CT molecular complexity index is 3180. The molecule has 0 spiro atoms. The van der Waals surface area contributed by atoms with Crippen molar-refractivity contribution < 1.29 is 0 Å². The zero-order chi connectivity index (χ0) is 36.3. The molecule has 0 saturated carbocycles. The SMILES string of the molecule is c1ccc(-c2nc(-c3ccccc3)nc(-c3c(-c4ccc(-n5c6ccccc6c6c7ccccc7ccc65)cc4)c4ccccc4c4ccccc34)n2)cc1. The Labute approximate surface area is 317 Å². The summed E-state index contributed by atoms with van der Waals surface area (Å²) in [4.78, 5) is 15.6. The first-order valence-corrected chi connectivity index (χ1v) is 18.6. The van der Waals surface area contributed by atoms with Crippen molar-refractivity contribution in [2.75, 3.05) is 0 Å². The molecule has 0 aliphatic rings. The van der Waals surface area contributed by atoms with Crippen LogP contribution in [0.3, 0.4) is 0 Å². The van der Waals surface area contributed by atoms with Crippen molar-refractivity contribution in [2.24, 2.45) is 0 Å². The summed E-state index contributed by atoms with van der Waals surface area (Å²) in [5, 5.41) is 9.63. The van der Waals surface area contributed by atoms with Crippen molar-refractivity contribution in [3.8, 4) is 51.0 Å². The molecule has 2 heterocycles. The van der Waals surface area contributed by atoms with Crippen molar-refractivity contribution in [3.05, 3.63) is 194 Å². The fourth-order valence-electron chi connectivity index (χ4n) is 8.39. The van der Waals surface area contributed by atoms with Gasteiger partial charge in [-0.3, -0.25) is 0 Å². The number of fused-ring (bicyclic) bond motifs is 8. The Kier molecular flexibility index (Phi) is 7.14. The molecule has 0 amide bonds. The van der Waals surface area contributed by atoms with Crippen LogP contribution >= 0.6 is 0 Å². The van der Waals surface area contributed by atoms with Crippen molar-refractivity contribution in [1.29, 1.82) is 0 Å². The molecule has 0 aliphatic heterocycles. The van der Waals surface area contributed by atoms with Crippen LogP contribution in [-0.2, 0) is 0 Å². The summed E-state index contributed by atoms with van der Waals surface area (Å²) in [5.41, 5.74) is 8.55. The smallest absolute Gasteiger partial charge is 0.165 e. The lowest BCUT2D eigenvalue weighted by molar-refractivity contribution is 1.08. The molecule has 11 aromatic rings. The van der Waals surface area contributed by atoms with Gasteiger partial charge in [-0.2, -0.15) is 0 Å². The zero-order valence-corrected chi connectivity index (χ0v) is 29.8. The number of benzene rings is 9. The van der Waals surface area contributed by atoms with Crippen LogP contribution in [-0.4, -0.2) is 19.5 Å². The Morgan fingerprint density at radius 1 is 0.291 bits per heavy atom. The molecule has 11 rings (SSSR count). The summed E-state index contributed by atoms with van der Waals surface area (Å²) in [7, 11) is 0. The molecule has 4 nitrogen and oxygen atoms in total. The summed E-state index contributed by atoms with van der Waals surface area (Å²) >= 11 is 0. The van der Waals surface area contributed by atoms with Gasteiger partial charge in [0.2, 0.25) is 0 Å². The maximum Gasteiger partial charge on any atom is 0.165 e. The molecule has 0 saturated heterocycles. The number of aromatic nitrogens is 4. The number of rotatable bonds is 5. The highest BCUT2D eigenvalue weighted by atomic mass is 15.0. The molecule has 9 aromatic carbocycles. The second-order valence-electron chi connectivity index (χ2n) is 14.0. The van der Waals surface area contributed by atoms with Crippen molar-refractivity contribution in [2.45, 2.75) is 0 Å². The second kappa shape index (κ2) is 12.6. The van der Waals surface area contributed by atoms with Gasteiger partial charge in [-0.05, 0) is 62.1 Å². The van der Waals surface area contributed by atoms with E-state index in [0.717, 1.165) is 49.7 Å². The minimum absolute atomic E-state index is 0.641. The Morgan fingerprint density at radius 2 is 0.782 bits per heavy atom. The van der Waals surface area contributed by atoms with Gasteiger partial charge in [0.1, 0.15) is 0 Å². The highest BCUT2D eigenvalue weighted by Crippen LogP contribution is 2.45. The van der Waals surface area contributed by atoms with Crippen LogP contribution in [0, 0.1) is 0 Å². The van der Waals surface area contributed by atoms with Gasteiger partial charge in [-0.15, -0.1) is 0 Å². The minimum Gasteiger partial charge on any atom is -0.309 e. The summed E-state index contributed by atoms with van der Waals surface area (Å²) in [5.74, 6) is 1.92. The average Bonchev–Trinajstić information content (AvgIpc) is 3.61. The number of para-hydroxylation sites is 1. The van der Waals surface area contributed by atoms with Crippen molar-refractivity contribution in [1.82, 2.24) is 19.5 Å². The van der Waals surface area contributed by atoms with E-state index in [-0.39, 0.29) is 0 Å². The Balaban J connectivity index is 1.18. The van der Waals surface area contributed by atoms with Gasteiger partial charge in [-0.1, -0.05) is 170 Å². The van der Waals surface area contributed by atoms with E-state index in [1.165, 1.54) is 38.0 Å². The normalized spacial score (nSPS) is 11.6. The molecule has 4 heteroatoms. The standard InChI is InChI=1S/C51H32N4/c1-3-16-35(17-4-1)49-52-50(36-18-5-2-6-19-36)54-51(53-49)48-42-24-12-10-22-40(42)39-21-9-11-23-41(39)46(48)34-27-30-37(31-28-34)55-44-26-14-13-25-43(44)47-38-20-8-7-15-33(38)29-32-45(47)55/h1-32H. The predicted molar refractivity (Wildman–Crippen MR) is 228 cm³/mol. The van der Waals surface area contributed by atoms with Gasteiger partial charge in [0.25, 0.3) is 0 Å². The predicted octanol–water partition coefficient (Wildman–Crippen LogP) is 13.1. The lowest BCUT2D eigenvalue weighted by Gasteiger charge is -2.19. The van der Waals surface area contributed by atoms with E-state index >= 15 is 0 Å². The molecule has 0 aliphatic carbocycles. The molecule has 2 aromatic heterocycles.